The molecule has 1 aromatic carbocycles. The van der Waals surface area contributed by atoms with Gasteiger partial charge in [0.25, 0.3) is 5.56 Å². The van der Waals surface area contributed by atoms with Gasteiger partial charge in [0.15, 0.2) is 5.65 Å². The van der Waals surface area contributed by atoms with Crippen LogP contribution in [0.2, 0.25) is 0 Å². The summed E-state index contributed by atoms with van der Waals surface area (Å²) >= 11 is 1.17. The number of hydrogen-bond acceptors (Lipinski definition) is 3. The molecule has 7 heteroatoms. The molecule has 0 bridgehead atoms. The van der Waals surface area contributed by atoms with E-state index in [1.54, 1.807) is 15.4 Å². The second-order valence-corrected chi connectivity index (χ2v) is 7.36. The first kappa shape index (κ1) is 16.3. The average Bonchev–Trinajstić information content (AvgIpc) is 3.37. The van der Waals surface area contributed by atoms with Gasteiger partial charge in [-0.05, 0) is 31.4 Å². The molecule has 0 aliphatic heterocycles. The van der Waals surface area contributed by atoms with Gasteiger partial charge in [-0.25, -0.2) is 23.0 Å². The van der Waals surface area contributed by atoms with Gasteiger partial charge >= 0.3 is 0 Å². The number of halogens is 2. The summed E-state index contributed by atoms with van der Waals surface area (Å²) in [5.41, 5.74) is 1.42. The minimum Gasteiger partial charge on any atom is -0.267 e. The smallest absolute Gasteiger partial charge is 0.267 e. The van der Waals surface area contributed by atoms with E-state index in [4.69, 9.17) is 0 Å². The Kier molecular flexibility index (Phi) is 4.11. The largest absolute Gasteiger partial charge is 0.272 e. The Morgan fingerprint density at radius 2 is 2.12 bits per heavy atom. The molecule has 0 amide bonds. The van der Waals surface area contributed by atoms with Crippen LogP contribution < -0.4 is 5.56 Å². The van der Waals surface area contributed by atoms with Crippen LogP contribution in [0.1, 0.15) is 37.8 Å². The molecule has 1 aliphatic rings. The SMILES string of the molecule is CCCc1c(=O)n(C2CC2)n2cc(Sc3ccc(F)cc3F)cnc12. The van der Waals surface area contributed by atoms with Crippen LogP contribution in [0.4, 0.5) is 8.78 Å². The minimum atomic E-state index is -0.608. The third kappa shape index (κ3) is 2.97. The second kappa shape index (κ2) is 6.29. The van der Waals surface area contributed by atoms with Crippen LogP contribution in [0.3, 0.4) is 0 Å². The topological polar surface area (TPSA) is 39.3 Å². The zero-order valence-electron chi connectivity index (χ0n) is 13.7. The third-order valence-electron chi connectivity index (χ3n) is 4.26. The molecular weight excluding hydrogens is 344 g/mol. The van der Waals surface area contributed by atoms with Crippen LogP contribution in [0.5, 0.6) is 0 Å². The highest BCUT2D eigenvalue weighted by Gasteiger charge is 2.29. The molecule has 4 nitrogen and oxygen atoms in total. The van der Waals surface area contributed by atoms with Gasteiger partial charge < -0.3 is 0 Å². The Labute approximate surface area is 147 Å². The lowest BCUT2D eigenvalue weighted by Crippen LogP contribution is -2.20. The lowest BCUT2D eigenvalue weighted by molar-refractivity contribution is 0.565. The highest BCUT2D eigenvalue weighted by molar-refractivity contribution is 7.99. The lowest BCUT2D eigenvalue weighted by Gasteiger charge is -2.07. The number of aryl methyl sites for hydroxylation is 1. The van der Waals surface area contributed by atoms with E-state index in [9.17, 15) is 13.6 Å². The standard InChI is InChI=1S/C18H17F2N3OS/c1-2-3-14-17-21-9-13(25-16-7-4-11(19)8-15(16)20)10-22(17)23(18(14)24)12-5-6-12/h4,7-10,12H,2-3,5-6H2,1H3. The minimum absolute atomic E-state index is 0.0203. The van der Waals surface area contributed by atoms with Crippen molar-refractivity contribution in [3.63, 3.8) is 0 Å². The van der Waals surface area contributed by atoms with Crippen molar-refractivity contribution in [2.24, 2.45) is 0 Å². The van der Waals surface area contributed by atoms with Crippen LogP contribution in [-0.4, -0.2) is 14.2 Å². The summed E-state index contributed by atoms with van der Waals surface area (Å²) in [5, 5.41) is 0. The summed E-state index contributed by atoms with van der Waals surface area (Å²) in [4.78, 5) is 18.2. The lowest BCUT2D eigenvalue weighted by atomic mass is 10.2. The molecule has 4 rings (SSSR count). The van der Waals surface area contributed by atoms with Crippen LogP contribution in [-0.2, 0) is 6.42 Å². The van der Waals surface area contributed by atoms with E-state index in [2.05, 4.69) is 4.98 Å². The molecule has 25 heavy (non-hydrogen) atoms. The van der Waals surface area contributed by atoms with E-state index in [0.29, 0.717) is 21.9 Å². The van der Waals surface area contributed by atoms with Crippen LogP contribution in [0, 0.1) is 11.6 Å². The fourth-order valence-electron chi connectivity index (χ4n) is 2.98. The van der Waals surface area contributed by atoms with E-state index in [0.717, 1.165) is 30.9 Å². The van der Waals surface area contributed by atoms with Crippen molar-refractivity contribution in [3.8, 4) is 0 Å². The summed E-state index contributed by atoms with van der Waals surface area (Å²) in [6.07, 6.45) is 6.99. The van der Waals surface area contributed by atoms with Gasteiger partial charge in [0.1, 0.15) is 11.6 Å². The summed E-state index contributed by atoms with van der Waals surface area (Å²) in [7, 11) is 0. The Morgan fingerprint density at radius 3 is 2.80 bits per heavy atom. The van der Waals surface area contributed by atoms with Crippen LogP contribution in [0.15, 0.2) is 45.2 Å². The highest BCUT2D eigenvalue weighted by atomic mass is 32.2. The fourth-order valence-corrected chi connectivity index (χ4v) is 3.78. The Balaban J connectivity index is 1.79. The number of hydrogen-bond donors (Lipinski definition) is 0. The first-order valence-electron chi connectivity index (χ1n) is 8.33. The van der Waals surface area contributed by atoms with Crippen molar-refractivity contribution in [3.05, 3.63) is 58.1 Å². The van der Waals surface area contributed by atoms with Crippen molar-refractivity contribution in [2.45, 2.75) is 48.4 Å². The van der Waals surface area contributed by atoms with Gasteiger partial charge in [-0.3, -0.25) is 4.79 Å². The second-order valence-electron chi connectivity index (χ2n) is 6.24. The van der Waals surface area contributed by atoms with Gasteiger partial charge in [-0.2, -0.15) is 0 Å². The van der Waals surface area contributed by atoms with Gasteiger partial charge in [0, 0.05) is 28.3 Å². The quantitative estimate of drug-likeness (QED) is 0.683. The predicted octanol–water partition coefficient (Wildman–Crippen LogP) is 4.21. The average molecular weight is 361 g/mol. The van der Waals surface area contributed by atoms with Crippen molar-refractivity contribution in [2.75, 3.05) is 0 Å². The van der Waals surface area contributed by atoms with Crippen LogP contribution in [0.25, 0.3) is 5.65 Å². The molecule has 130 valence electrons. The van der Waals surface area contributed by atoms with Gasteiger partial charge in [-0.1, -0.05) is 25.1 Å². The predicted molar refractivity (Wildman–Crippen MR) is 92.2 cm³/mol. The molecule has 2 aromatic heterocycles. The summed E-state index contributed by atoms with van der Waals surface area (Å²) in [5.74, 6) is -1.21. The number of rotatable bonds is 5. The van der Waals surface area contributed by atoms with Crippen LogP contribution >= 0.6 is 11.8 Å². The Hall–Kier alpha value is -2.15. The van der Waals surface area contributed by atoms with Gasteiger partial charge in [-0.15, -0.1) is 0 Å². The number of nitrogens with zero attached hydrogens (tertiary/aromatic N) is 3. The number of benzene rings is 1. The first-order chi connectivity index (χ1) is 12.1. The molecule has 1 saturated carbocycles. The van der Waals surface area contributed by atoms with Crippen molar-refractivity contribution in [1.82, 2.24) is 14.2 Å². The van der Waals surface area contributed by atoms with E-state index in [-0.39, 0.29) is 11.6 Å². The van der Waals surface area contributed by atoms with Gasteiger partial charge in [0.05, 0.1) is 11.6 Å². The third-order valence-corrected chi connectivity index (χ3v) is 5.26. The molecule has 1 aliphatic carbocycles. The molecule has 1 fully saturated rings. The molecule has 0 atom stereocenters. The molecular formula is C18H17F2N3OS. The maximum atomic E-state index is 13.9. The molecule has 3 aromatic rings. The maximum Gasteiger partial charge on any atom is 0.272 e. The van der Waals surface area contributed by atoms with Crippen molar-refractivity contribution in [1.29, 1.82) is 0 Å². The van der Waals surface area contributed by atoms with E-state index in [1.807, 2.05) is 13.1 Å². The molecule has 0 radical (unpaired) electrons. The number of aromatic nitrogens is 3. The number of fused-ring (bicyclic) bond motifs is 1. The van der Waals surface area contributed by atoms with Crippen molar-refractivity contribution >= 4 is 17.4 Å². The summed E-state index contributed by atoms with van der Waals surface area (Å²) < 4.78 is 30.5. The molecule has 0 unspecified atom stereocenters. The maximum absolute atomic E-state index is 13.9. The van der Waals surface area contributed by atoms with Gasteiger partial charge in [0.2, 0.25) is 0 Å². The first-order valence-corrected chi connectivity index (χ1v) is 9.14. The molecule has 0 saturated heterocycles. The van der Waals surface area contributed by atoms with E-state index >= 15 is 0 Å². The molecule has 2 heterocycles. The normalized spacial score (nSPS) is 14.4. The van der Waals surface area contributed by atoms with E-state index in [1.165, 1.54) is 23.9 Å². The zero-order chi connectivity index (χ0) is 17.6. The molecule has 0 N–H and O–H groups in total. The molecule has 0 spiro atoms. The summed E-state index contributed by atoms with van der Waals surface area (Å²) in [6.45, 7) is 2.03. The van der Waals surface area contributed by atoms with E-state index < -0.39 is 11.6 Å². The summed E-state index contributed by atoms with van der Waals surface area (Å²) in [6, 6.07) is 3.72. The zero-order valence-corrected chi connectivity index (χ0v) is 14.5. The monoisotopic (exact) mass is 361 g/mol. The Morgan fingerprint density at radius 1 is 1.32 bits per heavy atom. The highest BCUT2D eigenvalue weighted by Crippen LogP contribution is 2.35. The fraction of sp³-hybridized carbons (Fsp3) is 0.333. The Bertz CT molecular complexity index is 1010. The van der Waals surface area contributed by atoms with Crippen molar-refractivity contribution < 1.29 is 8.78 Å².